The normalized spacial score (nSPS) is 10.5. The second-order valence-corrected chi connectivity index (χ2v) is 8.00. The molecule has 2 amide bonds. The first kappa shape index (κ1) is 24.3. The molecule has 33 heavy (non-hydrogen) atoms. The van der Waals surface area contributed by atoms with Gasteiger partial charge in [0.05, 0.1) is 6.61 Å². The van der Waals surface area contributed by atoms with Gasteiger partial charge in [-0.2, -0.15) is 0 Å². The smallest absolute Gasteiger partial charge is 0.255 e. The van der Waals surface area contributed by atoms with Crippen LogP contribution in [0.4, 0.5) is 17.1 Å². The van der Waals surface area contributed by atoms with Crippen molar-refractivity contribution in [1.29, 1.82) is 0 Å². The third-order valence-corrected chi connectivity index (χ3v) is 5.58. The largest absolute Gasteiger partial charge is 0.383 e. The van der Waals surface area contributed by atoms with Crippen molar-refractivity contribution in [2.45, 2.75) is 12.8 Å². The van der Waals surface area contributed by atoms with Gasteiger partial charge in [0.15, 0.2) is 0 Å². The molecule has 0 aliphatic rings. The van der Waals surface area contributed by atoms with Crippen LogP contribution in [0.25, 0.3) is 0 Å². The van der Waals surface area contributed by atoms with Crippen molar-refractivity contribution in [3.8, 4) is 0 Å². The molecule has 0 atom stereocenters. The first-order valence-electron chi connectivity index (χ1n) is 10.6. The Labute approximate surface area is 199 Å². The second kappa shape index (κ2) is 11.5. The van der Waals surface area contributed by atoms with E-state index in [-0.39, 0.29) is 11.8 Å². The standard InChI is InChI=1S/C26H28ClN3O3/c1-18-10-11-22(16-24(18)29-26(32)20-7-4-6-19(14-20)17-27)28-25(31)21-8-5-9-23(15-21)30(2)12-13-33-3/h4-11,14-16H,12-13,17H2,1-3H3,(H,28,31)(H,29,32). The van der Waals surface area contributed by atoms with Gasteiger partial charge in [-0.3, -0.25) is 9.59 Å². The van der Waals surface area contributed by atoms with E-state index in [4.69, 9.17) is 16.3 Å². The maximum Gasteiger partial charge on any atom is 0.255 e. The lowest BCUT2D eigenvalue weighted by Crippen LogP contribution is -2.22. The van der Waals surface area contributed by atoms with E-state index in [1.807, 2.05) is 55.3 Å². The summed E-state index contributed by atoms with van der Waals surface area (Å²) in [5.41, 5.74) is 4.97. The minimum atomic E-state index is -0.236. The van der Waals surface area contributed by atoms with E-state index < -0.39 is 0 Å². The fourth-order valence-corrected chi connectivity index (χ4v) is 3.44. The van der Waals surface area contributed by atoms with Crippen molar-refractivity contribution >= 4 is 40.5 Å². The monoisotopic (exact) mass is 465 g/mol. The molecule has 0 saturated carbocycles. The first-order valence-corrected chi connectivity index (χ1v) is 11.1. The molecule has 0 spiro atoms. The number of carbonyl (C=O) groups excluding carboxylic acids is 2. The number of rotatable bonds is 9. The fraction of sp³-hybridized carbons (Fsp3) is 0.231. The highest BCUT2D eigenvalue weighted by atomic mass is 35.5. The van der Waals surface area contributed by atoms with Gasteiger partial charge in [-0.15, -0.1) is 11.6 Å². The Hall–Kier alpha value is -3.35. The van der Waals surface area contributed by atoms with E-state index in [0.717, 1.165) is 23.4 Å². The summed E-state index contributed by atoms with van der Waals surface area (Å²) >= 11 is 5.88. The van der Waals surface area contributed by atoms with Crippen LogP contribution in [0.1, 0.15) is 31.8 Å². The van der Waals surface area contributed by atoms with Crippen LogP contribution in [0.5, 0.6) is 0 Å². The van der Waals surface area contributed by atoms with Crippen molar-refractivity contribution in [3.63, 3.8) is 0 Å². The van der Waals surface area contributed by atoms with Crippen LogP contribution in [0.15, 0.2) is 66.7 Å². The molecule has 0 aromatic heterocycles. The second-order valence-electron chi connectivity index (χ2n) is 7.74. The Bertz CT molecular complexity index is 1130. The summed E-state index contributed by atoms with van der Waals surface area (Å²) in [6.45, 7) is 3.22. The van der Waals surface area contributed by atoms with Crippen LogP contribution in [0.3, 0.4) is 0 Å². The average molecular weight is 466 g/mol. The van der Waals surface area contributed by atoms with Gasteiger partial charge in [-0.05, 0) is 60.5 Å². The quantitative estimate of drug-likeness (QED) is 0.419. The van der Waals surface area contributed by atoms with Crippen LogP contribution in [0.2, 0.25) is 0 Å². The van der Waals surface area contributed by atoms with E-state index in [9.17, 15) is 9.59 Å². The summed E-state index contributed by atoms with van der Waals surface area (Å²) in [6, 6.07) is 20.0. The van der Waals surface area contributed by atoms with E-state index in [1.165, 1.54) is 0 Å². The number of hydrogen-bond donors (Lipinski definition) is 2. The zero-order chi connectivity index (χ0) is 23.8. The van der Waals surface area contributed by atoms with Gasteiger partial charge >= 0.3 is 0 Å². The number of carbonyl (C=O) groups is 2. The Morgan fingerprint density at radius 3 is 2.36 bits per heavy atom. The highest BCUT2D eigenvalue weighted by Crippen LogP contribution is 2.23. The van der Waals surface area contributed by atoms with E-state index in [0.29, 0.717) is 35.0 Å². The third kappa shape index (κ3) is 6.57. The molecule has 0 saturated heterocycles. The number of nitrogens with zero attached hydrogens (tertiary/aromatic N) is 1. The molecule has 0 radical (unpaired) electrons. The minimum Gasteiger partial charge on any atom is -0.383 e. The number of benzene rings is 3. The number of anilines is 3. The van der Waals surface area contributed by atoms with Crippen molar-refractivity contribution in [2.24, 2.45) is 0 Å². The number of nitrogens with one attached hydrogen (secondary N) is 2. The van der Waals surface area contributed by atoms with Crippen molar-refractivity contribution < 1.29 is 14.3 Å². The third-order valence-electron chi connectivity index (χ3n) is 5.27. The molecule has 0 aliphatic heterocycles. The summed E-state index contributed by atoms with van der Waals surface area (Å²) in [6.07, 6.45) is 0. The van der Waals surface area contributed by atoms with Crippen LogP contribution >= 0.6 is 11.6 Å². The van der Waals surface area contributed by atoms with Gasteiger partial charge in [-0.1, -0.05) is 24.3 Å². The molecule has 6 nitrogen and oxygen atoms in total. The molecule has 3 aromatic carbocycles. The van der Waals surface area contributed by atoms with Crippen LogP contribution in [-0.2, 0) is 10.6 Å². The maximum absolute atomic E-state index is 12.9. The lowest BCUT2D eigenvalue weighted by molar-refractivity contribution is 0.101. The van der Waals surface area contributed by atoms with Crippen LogP contribution in [-0.4, -0.2) is 39.1 Å². The van der Waals surface area contributed by atoms with E-state index in [1.54, 1.807) is 37.4 Å². The predicted molar refractivity (Wildman–Crippen MR) is 135 cm³/mol. The van der Waals surface area contributed by atoms with Crippen molar-refractivity contribution in [1.82, 2.24) is 0 Å². The molecule has 0 aliphatic carbocycles. The van der Waals surface area contributed by atoms with Gasteiger partial charge in [0.2, 0.25) is 0 Å². The zero-order valence-corrected chi connectivity index (χ0v) is 19.8. The van der Waals surface area contributed by atoms with Gasteiger partial charge in [-0.25, -0.2) is 0 Å². The summed E-state index contributed by atoms with van der Waals surface area (Å²) in [5, 5.41) is 5.84. The highest BCUT2D eigenvalue weighted by molar-refractivity contribution is 6.17. The van der Waals surface area contributed by atoms with Gasteiger partial charge < -0.3 is 20.3 Å². The highest BCUT2D eigenvalue weighted by Gasteiger charge is 2.12. The first-order chi connectivity index (χ1) is 15.9. The number of ether oxygens (including phenoxy) is 1. The predicted octanol–water partition coefficient (Wildman–Crippen LogP) is 5.32. The molecular formula is C26H28ClN3O3. The SMILES string of the molecule is COCCN(C)c1cccc(C(=O)Nc2ccc(C)c(NC(=O)c3cccc(CCl)c3)c2)c1. The number of aryl methyl sites for hydroxylation is 1. The Balaban J connectivity index is 1.73. The molecule has 2 N–H and O–H groups in total. The number of halogens is 1. The maximum atomic E-state index is 12.9. The number of amides is 2. The van der Waals surface area contributed by atoms with Gasteiger partial charge in [0.25, 0.3) is 11.8 Å². The van der Waals surface area contributed by atoms with Crippen molar-refractivity contribution in [3.05, 3.63) is 89.0 Å². The number of likely N-dealkylation sites (N-methyl/N-ethyl adjacent to an activating group) is 1. The molecule has 0 unspecified atom stereocenters. The molecule has 172 valence electrons. The van der Waals surface area contributed by atoms with E-state index >= 15 is 0 Å². The molecular weight excluding hydrogens is 438 g/mol. The topological polar surface area (TPSA) is 70.7 Å². The number of methoxy groups -OCH3 is 1. The Kier molecular flexibility index (Phi) is 8.46. The fourth-order valence-electron chi connectivity index (χ4n) is 3.27. The summed E-state index contributed by atoms with van der Waals surface area (Å²) in [4.78, 5) is 27.6. The Morgan fingerprint density at radius 2 is 1.64 bits per heavy atom. The van der Waals surface area contributed by atoms with E-state index in [2.05, 4.69) is 10.6 Å². The Morgan fingerprint density at radius 1 is 0.939 bits per heavy atom. The zero-order valence-electron chi connectivity index (χ0n) is 19.0. The summed E-state index contributed by atoms with van der Waals surface area (Å²) in [7, 11) is 3.61. The molecule has 0 heterocycles. The number of alkyl halides is 1. The van der Waals surface area contributed by atoms with Crippen LogP contribution < -0.4 is 15.5 Å². The summed E-state index contributed by atoms with van der Waals surface area (Å²) in [5.74, 6) is -0.126. The molecule has 0 bridgehead atoms. The van der Waals surface area contributed by atoms with Crippen LogP contribution in [0, 0.1) is 6.92 Å². The van der Waals surface area contributed by atoms with Crippen molar-refractivity contribution in [2.75, 3.05) is 42.8 Å². The summed E-state index contributed by atoms with van der Waals surface area (Å²) < 4.78 is 5.12. The molecule has 0 fully saturated rings. The molecule has 3 rings (SSSR count). The average Bonchev–Trinajstić information content (AvgIpc) is 2.84. The van der Waals surface area contributed by atoms with Gasteiger partial charge in [0.1, 0.15) is 0 Å². The molecule has 7 heteroatoms. The van der Waals surface area contributed by atoms with Gasteiger partial charge in [0, 0.05) is 54.8 Å². The lowest BCUT2D eigenvalue weighted by atomic mass is 10.1. The minimum absolute atomic E-state index is 0.229. The molecule has 3 aromatic rings. The number of hydrogen-bond acceptors (Lipinski definition) is 4. The lowest BCUT2D eigenvalue weighted by Gasteiger charge is -2.19.